The van der Waals surface area contributed by atoms with Crippen LogP contribution in [0.5, 0.6) is 5.75 Å². The fourth-order valence-electron chi connectivity index (χ4n) is 3.72. The van der Waals surface area contributed by atoms with Crippen LogP contribution in [-0.2, 0) is 12.8 Å². The highest BCUT2D eigenvalue weighted by atomic mass is 79.9. The molecule has 0 saturated carbocycles. The number of thiophene rings is 1. The Morgan fingerprint density at radius 1 is 1.03 bits per heavy atom. The number of rotatable bonds is 5. The third-order valence-corrected chi connectivity index (χ3v) is 7.12. The van der Waals surface area contributed by atoms with Crippen LogP contribution in [0, 0.1) is 5.92 Å². The number of ether oxygens (including phenoxy) is 1. The Labute approximate surface area is 194 Å². The molecular formula is C24H23BrN2O3S. The molecule has 1 heterocycles. The summed E-state index contributed by atoms with van der Waals surface area (Å²) in [7, 11) is 1.60. The largest absolute Gasteiger partial charge is 0.497 e. The lowest BCUT2D eigenvalue weighted by Crippen LogP contribution is -2.19. The zero-order valence-corrected chi connectivity index (χ0v) is 19.7. The van der Waals surface area contributed by atoms with Gasteiger partial charge in [0, 0.05) is 20.6 Å². The van der Waals surface area contributed by atoms with E-state index in [9.17, 15) is 9.59 Å². The molecule has 2 N–H and O–H groups in total. The van der Waals surface area contributed by atoms with Gasteiger partial charge in [0.15, 0.2) is 0 Å². The van der Waals surface area contributed by atoms with Crippen LogP contribution < -0.4 is 15.4 Å². The molecule has 160 valence electrons. The fraction of sp³-hybridized carbons (Fsp3) is 0.250. The molecule has 4 rings (SSSR count). The molecule has 1 aliphatic rings. The van der Waals surface area contributed by atoms with Crippen molar-refractivity contribution < 1.29 is 14.3 Å². The molecule has 7 heteroatoms. The van der Waals surface area contributed by atoms with Gasteiger partial charge >= 0.3 is 0 Å². The highest BCUT2D eigenvalue weighted by molar-refractivity contribution is 9.10. The van der Waals surface area contributed by atoms with Crippen LogP contribution in [0.15, 0.2) is 53.0 Å². The summed E-state index contributed by atoms with van der Waals surface area (Å²) in [5.74, 6) is 0.863. The van der Waals surface area contributed by atoms with Gasteiger partial charge in [-0.1, -0.05) is 22.9 Å². The third-order valence-electron chi connectivity index (χ3n) is 5.42. The molecule has 0 fully saturated rings. The smallest absolute Gasteiger partial charge is 0.258 e. The first-order valence-corrected chi connectivity index (χ1v) is 11.7. The first kappa shape index (κ1) is 21.6. The second-order valence-electron chi connectivity index (χ2n) is 7.70. The number of halogens is 1. The monoisotopic (exact) mass is 498 g/mol. The van der Waals surface area contributed by atoms with Crippen LogP contribution in [0.4, 0.5) is 10.7 Å². The van der Waals surface area contributed by atoms with Gasteiger partial charge in [0.25, 0.3) is 11.8 Å². The van der Waals surface area contributed by atoms with E-state index in [2.05, 4.69) is 33.5 Å². The lowest BCUT2D eigenvalue weighted by Gasteiger charge is -2.18. The van der Waals surface area contributed by atoms with Crippen molar-refractivity contribution in [3.05, 3.63) is 74.6 Å². The summed E-state index contributed by atoms with van der Waals surface area (Å²) in [6, 6.07) is 14.4. The molecule has 0 unspecified atom stereocenters. The van der Waals surface area contributed by atoms with Crippen molar-refractivity contribution in [2.24, 2.45) is 5.92 Å². The number of methoxy groups -OCH3 is 1. The Morgan fingerprint density at radius 2 is 1.74 bits per heavy atom. The summed E-state index contributed by atoms with van der Waals surface area (Å²) in [5, 5.41) is 6.57. The molecule has 1 atom stereocenters. The van der Waals surface area contributed by atoms with Crippen LogP contribution in [-0.4, -0.2) is 18.9 Å². The van der Waals surface area contributed by atoms with Crippen LogP contribution in [0.3, 0.4) is 0 Å². The van der Waals surface area contributed by atoms with E-state index < -0.39 is 0 Å². The minimum Gasteiger partial charge on any atom is -0.497 e. The van der Waals surface area contributed by atoms with E-state index >= 15 is 0 Å². The van der Waals surface area contributed by atoms with Crippen molar-refractivity contribution in [3.8, 4) is 5.75 Å². The van der Waals surface area contributed by atoms with E-state index in [1.807, 2.05) is 12.1 Å². The minimum atomic E-state index is -0.224. The topological polar surface area (TPSA) is 67.4 Å². The Kier molecular flexibility index (Phi) is 6.43. The zero-order valence-electron chi connectivity index (χ0n) is 17.3. The van der Waals surface area contributed by atoms with Crippen molar-refractivity contribution in [2.45, 2.75) is 26.2 Å². The standard InChI is InChI=1S/C24H23BrN2O3S/c1-14-3-12-19-20(13-14)31-24(27-22(28)15-4-6-16(25)7-5-15)21(19)23(29)26-17-8-10-18(30-2)11-9-17/h4-11,14H,3,12-13H2,1-2H3,(H,26,29)(H,27,28)/t14-/m1/s1. The van der Waals surface area contributed by atoms with E-state index in [0.717, 1.165) is 35.0 Å². The van der Waals surface area contributed by atoms with Crippen molar-refractivity contribution in [2.75, 3.05) is 17.7 Å². The Balaban J connectivity index is 1.63. The average Bonchev–Trinajstić information content (AvgIpc) is 3.11. The molecule has 0 aliphatic heterocycles. The molecule has 2 amide bonds. The maximum atomic E-state index is 13.3. The quantitative estimate of drug-likeness (QED) is 0.443. The number of nitrogens with one attached hydrogen (secondary N) is 2. The number of amides is 2. The normalized spacial score (nSPS) is 15.1. The first-order chi connectivity index (χ1) is 14.9. The molecular weight excluding hydrogens is 476 g/mol. The van der Waals surface area contributed by atoms with Crippen LogP contribution >= 0.6 is 27.3 Å². The maximum absolute atomic E-state index is 13.3. The summed E-state index contributed by atoms with van der Waals surface area (Å²) in [6.45, 7) is 2.22. The molecule has 31 heavy (non-hydrogen) atoms. The Morgan fingerprint density at radius 3 is 2.42 bits per heavy atom. The number of anilines is 2. The number of hydrogen-bond acceptors (Lipinski definition) is 4. The molecule has 2 aromatic carbocycles. The number of hydrogen-bond donors (Lipinski definition) is 2. The third kappa shape index (κ3) is 4.83. The summed E-state index contributed by atoms with van der Waals surface area (Å²) >= 11 is 4.90. The van der Waals surface area contributed by atoms with E-state index in [4.69, 9.17) is 4.74 Å². The zero-order chi connectivity index (χ0) is 22.0. The van der Waals surface area contributed by atoms with E-state index in [1.165, 1.54) is 16.2 Å². The summed E-state index contributed by atoms with van der Waals surface area (Å²) in [4.78, 5) is 27.3. The average molecular weight is 499 g/mol. The molecule has 3 aromatic rings. The molecule has 1 aliphatic carbocycles. The predicted molar refractivity (Wildman–Crippen MR) is 129 cm³/mol. The summed E-state index contributed by atoms with van der Waals surface area (Å²) in [6.07, 6.45) is 2.80. The number of carbonyl (C=O) groups is 2. The van der Waals surface area contributed by atoms with Gasteiger partial charge in [-0.15, -0.1) is 11.3 Å². The molecule has 0 saturated heterocycles. The van der Waals surface area contributed by atoms with Gasteiger partial charge in [-0.05, 0) is 79.3 Å². The van der Waals surface area contributed by atoms with Crippen molar-refractivity contribution in [1.29, 1.82) is 0 Å². The van der Waals surface area contributed by atoms with Crippen molar-refractivity contribution >= 4 is 49.8 Å². The minimum absolute atomic E-state index is 0.205. The SMILES string of the molecule is COc1ccc(NC(=O)c2c(NC(=O)c3ccc(Br)cc3)sc3c2CC[C@@H](C)C3)cc1. The van der Waals surface area contributed by atoms with Gasteiger partial charge < -0.3 is 15.4 Å². The predicted octanol–water partition coefficient (Wildman–Crippen LogP) is 6.15. The van der Waals surface area contributed by atoms with Gasteiger partial charge in [0.05, 0.1) is 12.7 Å². The lowest BCUT2D eigenvalue weighted by atomic mass is 9.88. The fourth-order valence-corrected chi connectivity index (χ4v) is 5.39. The van der Waals surface area contributed by atoms with Gasteiger partial charge in [-0.3, -0.25) is 9.59 Å². The highest BCUT2D eigenvalue weighted by Crippen LogP contribution is 2.40. The van der Waals surface area contributed by atoms with Gasteiger partial charge in [-0.2, -0.15) is 0 Å². The van der Waals surface area contributed by atoms with Gasteiger partial charge in [-0.25, -0.2) is 0 Å². The number of fused-ring (bicyclic) bond motifs is 1. The highest BCUT2D eigenvalue weighted by Gasteiger charge is 2.28. The van der Waals surface area contributed by atoms with Gasteiger partial charge in [0.1, 0.15) is 10.8 Å². The second kappa shape index (κ2) is 9.24. The number of benzene rings is 2. The Bertz CT molecular complexity index is 1110. The molecule has 0 bridgehead atoms. The molecule has 0 spiro atoms. The van der Waals surface area contributed by atoms with Crippen LogP contribution in [0.1, 0.15) is 44.5 Å². The summed E-state index contributed by atoms with van der Waals surface area (Å²) < 4.78 is 6.09. The summed E-state index contributed by atoms with van der Waals surface area (Å²) in [5.41, 5.74) is 2.86. The molecule has 0 radical (unpaired) electrons. The number of carbonyl (C=O) groups excluding carboxylic acids is 2. The van der Waals surface area contributed by atoms with Crippen LogP contribution in [0.25, 0.3) is 0 Å². The second-order valence-corrected chi connectivity index (χ2v) is 9.72. The van der Waals surface area contributed by atoms with E-state index in [0.29, 0.717) is 27.7 Å². The molecule has 1 aromatic heterocycles. The van der Waals surface area contributed by atoms with E-state index in [1.54, 1.807) is 43.5 Å². The maximum Gasteiger partial charge on any atom is 0.258 e. The first-order valence-electron chi connectivity index (χ1n) is 10.1. The van der Waals surface area contributed by atoms with Crippen molar-refractivity contribution in [1.82, 2.24) is 0 Å². The lowest BCUT2D eigenvalue weighted by molar-refractivity contribution is 0.102. The van der Waals surface area contributed by atoms with E-state index in [-0.39, 0.29) is 11.8 Å². The van der Waals surface area contributed by atoms with Crippen molar-refractivity contribution in [3.63, 3.8) is 0 Å². The van der Waals surface area contributed by atoms with Crippen LogP contribution in [0.2, 0.25) is 0 Å². The molecule has 5 nitrogen and oxygen atoms in total. The Hall–Kier alpha value is -2.64. The van der Waals surface area contributed by atoms with Gasteiger partial charge in [0.2, 0.25) is 0 Å².